The van der Waals surface area contributed by atoms with Gasteiger partial charge in [0.2, 0.25) is 5.91 Å². The molecule has 1 amide bonds. The zero-order valence-electron chi connectivity index (χ0n) is 9.46. The number of benzene rings is 1. The van der Waals surface area contributed by atoms with Crippen LogP contribution in [0.4, 0.5) is 5.69 Å². The summed E-state index contributed by atoms with van der Waals surface area (Å²) in [6, 6.07) is 7.00. The fourth-order valence-corrected chi connectivity index (χ4v) is 2.95. The van der Waals surface area contributed by atoms with Crippen LogP contribution >= 0.6 is 34.7 Å². The van der Waals surface area contributed by atoms with E-state index in [4.69, 9.17) is 11.6 Å². The molecule has 1 N–H and O–H groups in total. The Balaban J connectivity index is 1.93. The Labute approximate surface area is 118 Å². The van der Waals surface area contributed by atoms with Crippen molar-refractivity contribution in [2.24, 2.45) is 0 Å². The van der Waals surface area contributed by atoms with E-state index in [1.165, 1.54) is 23.1 Å². The zero-order chi connectivity index (χ0) is 13.0. The SMILES string of the molecule is C[C@@H](Sc1nncs1)C(=O)Nc1ccc(Cl)cc1. The van der Waals surface area contributed by atoms with Crippen LogP contribution in [0.25, 0.3) is 0 Å². The number of aromatic nitrogens is 2. The molecule has 2 aromatic rings. The van der Waals surface area contributed by atoms with Gasteiger partial charge in [-0.2, -0.15) is 0 Å². The van der Waals surface area contributed by atoms with Gasteiger partial charge in [0.1, 0.15) is 5.51 Å². The lowest BCUT2D eigenvalue weighted by Crippen LogP contribution is -2.22. The van der Waals surface area contributed by atoms with Gasteiger partial charge in [-0.1, -0.05) is 34.7 Å². The molecule has 7 heteroatoms. The molecule has 0 unspecified atom stereocenters. The molecular weight excluding hydrogens is 290 g/mol. The van der Waals surface area contributed by atoms with Gasteiger partial charge in [0.15, 0.2) is 4.34 Å². The molecule has 0 aliphatic carbocycles. The van der Waals surface area contributed by atoms with Crippen LogP contribution in [0.15, 0.2) is 34.1 Å². The molecule has 0 aliphatic heterocycles. The van der Waals surface area contributed by atoms with E-state index in [0.29, 0.717) is 5.02 Å². The first-order valence-corrected chi connectivity index (χ1v) is 7.28. The Hall–Kier alpha value is -1.11. The molecule has 1 atom stereocenters. The molecule has 0 radical (unpaired) electrons. The molecule has 0 saturated carbocycles. The quantitative estimate of drug-likeness (QED) is 0.880. The van der Waals surface area contributed by atoms with Gasteiger partial charge in [-0.3, -0.25) is 4.79 Å². The number of carbonyl (C=O) groups excluding carboxylic acids is 1. The van der Waals surface area contributed by atoms with Crippen LogP contribution in [0.5, 0.6) is 0 Å². The lowest BCUT2D eigenvalue weighted by Gasteiger charge is -2.10. The Morgan fingerprint density at radius 3 is 2.78 bits per heavy atom. The molecule has 0 aliphatic rings. The predicted octanol–water partition coefficient (Wildman–Crippen LogP) is 3.31. The average Bonchev–Trinajstić information content (AvgIpc) is 2.85. The number of nitrogens with one attached hydrogen (secondary N) is 1. The summed E-state index contributed by atoms with van der Waals surface area (Å²) in [5.74, 6) is -0.0717. The van der Waals surface area contributed by atoms with Crippen LogP contribution in [-0.2, 0) is 4.79 Å². The normalized spacial score (nSPS) is 12.1. The molecule has 1 heterocycles. The van der Waals surface area contributed by atoms with Crippen molar-refractivity contribution in [2.75, 3.05) is 5.32 Å². The number of thioether (sulfide) groups is 1. The van der Waals surface area contributed by atoms with Gasteiger partial charge in [0, 0.05) is 10.7 Å². The number of hydrogen-bond donors (Lipinski definition) is 1. The van der Waals surface area contributed by atoms with Crippen molar-refractivity contribution in [1.29, 1.82) is 0 Å². The first kappa shape index (κ1) is 13.3. The Morgan fingerprint density at radius 1 is 1.44 bits per heavy atom. The van der Waals surface area contributed by atoms with E-state index in [1.54, 1.807) is 29.8 Å². The molecule has 4 nitrogen and oxygen atoms in total. The maximum atomic E-state index is 11.9. The summed E-state index contributed by atoms with van der Waals surface area (Å²) in [5, 5.41) is 10.9. The smallest absolute Gasteiger partial charge is 0.237 e. The lowest BCUT2D eigenvalue weighted by molar-refractivity contribution is -0.115. The second-order valence-corrected chi connectivity index (χ2v) is 6.32. The molecule has 0 spiro atoms. The number of anilines is 1. The summed E-state index contributed by atoms with van der Waals surface area (Å²) in [4.78, 5) is 11.9. The van der Waals surface area contributed by atoms with Gasteiger partial charge >= 0.3 is 0 Å². The summed E-state index contributed by atoms with van der Waals surface area (Å²) in [7, 11) is 0. The molecule has 0 saturated heterocycles. The van der Waals surface area contributed by atoms with E-state index in [2.05, 4.69) is 15.5 Å². The van der Waals surface area contributed by atoms with E-state index < -0.39 is 0 Å². The maximum absolute atomic E-state index is 11.9. The molecule has 1 aromatic heterocycles. The summed E-state index contributed by atoms with van der Waals surface area (Å²) in [5.41, 5.74) is 2.38. The van der Waals surface area contributed by atoms with E-state index >= 15 is 0 Å². The van der Waals surface area contributed by atoms with Crippen molar-refractivity contribution in [2.45, 2.75) is 16.5 Å². The molecule has 0 fully saturated rings. The Morgan fingerprint density at radius 2 is 2.17 bits per heavy atom. The summed E-state index contributed by atoms with van der Waals surface area (Å²) in [6.07, 6.45) is 0. The van der Waals surface area contributed by atoms with Gasteiger partial charge in [-0.05, 0) is 31.2 Å². The van der Waals surface area contributed by atoms with Crippen molar-refractivity contribution < 1.29 is 4.79 Å². The van der Waals surface area contributed by atoms with Crippen molar-refractivity contribution in [3.63, 3.8) is 0 Å². The zero-order valence-corrected chi connectivity index (χ0v) is 11.9. The minimum Gasteiger partial charge on any atom is -0.325 e. The highest BCUT2D eigenvalue weighted by Gasteiger charge is 2.16. The lowest BCUT2D eigenvalue weighted by atomic mass is 10.3. The number of halogens is 1. The van der Waals surface area contributed by atoms with Gasteiger partial charge in [-0.15, -0.1) is 10.2 Å². The molecule has 94 valence electrons. The highest BCUT2D eigenvalue weighted by atomic mass is 35.5. The van der Waals surface area contributed by atoms with Crippen molar-refractivity contribution in [3.8, 4) is 0 Å². The second-order valence-electron chi connectivity index (χ2n) is 3.46. The van der Waals surface area contributed by atoms with E-state index in [-0.39, 0.29) is 11.2 Å². The summed E-state index contributed by atoms with van der Waals surface area (Å²) in [6.45, 7) is 1.83. The standard InChI is InChI=1S/C11H10ClN3OS2/c1-7(18-11-15-13-6-17-11)10(16)14-9-4-2-8(12)3-5-9/h2-7H,1H3,(H,14,16)/t7-/m1/s1. The second kappa shape index (κ2) is 6.17. The van der Waals surface area contributed by atoms with Gasteiger partial charge in [0.05, 0.1) is 5.25 Å². The van der Waals surface area contributed by atoms with E-state index in [1.807, 2.05) is 6.92 Å². The van der Waals surface area contributed by atoms with Crippen molar-refractivity contribution in [1.82, 2.24) is 10.2 Å². The van der Waals surface area contributed by atoms with Crippen molar-refractivity contribution >= 4 is 46.3 Å². The third-order valence-corrected chi connectivity index (χ3v) is 4.26. The van der Waals surface area contributed by atoms with Crippen LogP contribution in [0.3, 0.4) is 0 Å². The first-order chi connectivity index (χ1) is 8.65. The minimum absolute atomic E-state index is 0.0717. The van der Waals surface area contributed by atoms with Gasteiger partial charge in [-0.25, -0.2) is 0 Å². The Kier molecular flexibility index (Phi) is 4.57. The molecular formula is C11H10ClN3OS2. The largest absolute Gasteiger partial charge is 0.325 e. The minimum atomic E-state index is -0.228. The molecule has 1 aromatic carbocycles. The number of rotatable bonds is 4. The third kappa shape index (κ3) is 3.69. The summed E-state index contributed by atoms with van der Waals surface area (Å²) >= 11 is 8.58. The maximum Gasteiger partial charge on any atom is 0.237 e. The van der Waals surface area contributed by atoms with E-state index in [0.717, 1.165) is 10.0 Å². The number of carbonyl (C=O) groups is 1. The van der Waals surface area contributed by atoms with Crippen LogP contribution in [0.2, 0.25) is 5.02 Å². The van der Waals surface area contributed by atoms with Crippen LogP contribution in [0.1, 0.15) is 6.92 Å². The van der Waals surface area contributed by atoms with Crippen LogP contribution < -0.4 is 5.32 Å². The third-order valence-electron chi connectivity index (χ3n) is 2.10. The molecule has 18 heavy (non-hydrogen) atoms. The van der Waals surface area contributed by atoms with Gasteiger partial charge in [0.25, 0.3) is 0 Å². The van der Waals surface area contributed by atoms with Crippen molar-refractivity contribution in [3.05, 3.63) is 34.8 Å². The highest BCUT2D eigenvalue weighted by Crippen LogP contribution is 2.25. The van der Waals surface area contributed by atoms with Crippen LogP contribution in [-0.4, -0.2) is 21.4 Å². The topological polar surface area (TPSA) is 54.9 Å². The number of hydrogen-bond acceptors (Lipinski definition) is 5. The first-order valence-electron chi connectivity index (χ1n) is 5.14. The predicted molar refractivity (Wildman–Crippen MR) is 75.3 cm³/mol. The van der Waals surface area contributed by atoms with Crippen LogP contribution in [0, 0.1) is 0 Å². The van der Waals surface area contributed by atoms with E-state index in [9.17, 15) is 4.79 Å². The monoisotopic (exact) mass is 299 g/mol. The highest BCUT2D eigenvalue weighted by molar-refractivity contribution is 8.02. The Bertz CT molecular complexity index is 516. The average molecular weight is 300 g/mol. The van der Waals surface area contributed by atoms with Gasteiger partial charge < -0.3 is 5.32 Å². The molecule has 0 bridgehead atoms. The number of amides is 1. The molecule has 2 rings (SSSR count). The fourth-order valence-electron chi connectivity index (χ4n) is 1.20. The summed E-state index contributed by atoms with van der Waals surface area (Å²) < 4.78 is 0.786. The fraction of sp³-hybridized carbons (Fsp3) is 0.182. The number of nitrogens with zero attached hydrogens (tertiary/aromatic N) is 2.